The Hall–Kier alpha value is -3.08. The van der Waals surface area contributed by atoms with Gasteiger partial charge in [-0.15, -0.1) is 0 Å². The first-order chi connectivity index (χ1) is 11.1. The maximum atomic E-state index is 12.3. The van der Waals surface area contributed by atoms with E-state index in [2.05, 4.69) is 5.32 Å². The number of aryl methyl sites for hydroxylation is 1. The zero-order chi connectivity index (χ0) is 16.4. The van der Waals surface area contributed by atoms with E-state index in [1.165, 1.54) is 13.2 Å². The molecule has 1 aromatic heterocycles. The van der Waals surface area contributed by atoms with Gasteiger partial charge < -0.3 is 14.5 Å². The number of carbonyl (C=O) groups excluding carboxylic acids is 1. The fourth-order valence-electron chi connectivity index (χ4n) is 2.21. The lowest BCUT2D eigenvalue weighted by atomic mass is 10.1. The summed E-state index contributed by atoms with van der Waals surface area (Å²) in [7, 11) is 1.53. The standard InChI is InChI=1S/C18H15NO4/c1-11-3-6-13(7-4-11)19-17(20)15-9-12-5-8-14(22-2)10-16(12)23-18(15)21/h3-10H,1-2H3,(H,19,20). The fraction of sp³-hybridized carbons (Fsp3) is 0.111. The largest absolute Gasteiger partial charge is 0.497 e. The highest BCUT2D eigenvalue weighted by atomic mass is 16.5. The average Bonchev–Trinajstić information content (AvgIpc) is 2.55. The summed E-state index contributed by atoms with van der Waals surface area (Å²) >= 11 is 0. The summed E-state index contributed by atoms with van der Waals surface area (Å²) in [4.78, 5) is 24.3. The molecule has 0 radical (unpaired) electrons. The molecule has 1 N–H and O–H groups in total. The number of anilines is 1. The average molecular weight is 309 g/mol. The van der Waals surface area contributed by atoms with Crippen LogP contribution >= 0.6 is 0 Å². The molecule has 0 saturated heterocycles. The van der Waals surface area contributed by atoms with Crippen LogP contribution in [0.15, 0.2) is 57.7 Å². The first-order valence-corrected chi connectivity index (χ1v) is 7.07. The van der Waals surface area contributed by atoms with Gasteiger partial charge in [0.05, 0.1) is 7.11 Å². The van der Waals surface area contributed by atoms with Crippen LogP contribution in [0, 0.1) is 6.92 Å². The van der Waals surface area contributed by atoms with Gasteiger partial charge in [-0.05, 0) is 37.3 Å². The molecule has 0 fully saturated rings. The lowest BCUT2D eigenvalue weighted by Crippen LogP contribution is -2.20. The zero-order valence-corrected chi connectivity index (χ0v) is 12.8. The van der Waals surface area contributed by atoms with E-state index in [4.69, 9.17) is 9.15 Å². The quantitative estimate of drug-likeness (QED) is 0.753. The van der Waals surface area contributed by atoms with E-state index in [0.29, 0.717) is 22.4 Å². The van der Waals surface area contributed by atoms with E-state index in [1.54, 1.807) is 30.3 Å². The molecule has 5 heteroatoms. The van der Waals surface area contributed by atoms with Crippen molar-refractivity contribution in [3.05, 3.63) is 70.1 Å². The molecule has 2 aromatic carbocycles. The number of benzene rings is 2. The van der Waals surface area contributed by atoms with Gasteiger partial charge >= 0.3 is 5.63 Å². The maximum Gasteiger partial charge on any atom is 0.349 e. The predicted molar refractivity (Wildman–Crippen MR) is 88.2 cm³/mol. The van der Waals surface area contributed by atoms with Crippen LogP contribution in [-0.4, -0.2) is 13.0 Å². The molecule has 0 saturated carbocycles. The lowest BCUT2D eigenvalue weighted by molar-refractivity contribution is 0.102. The Morgan fingerprint density at radius 3 is 2.52 bits per heavy atom. The van der Waals surface area contributed by atoms with Crippen molar-refractivity contribution in [1.82, 2.24) is 0 Å². The second kappa shape index (κ2) is 5.96. The van der Waals surface area contributed by atoms with Crippen molar-refractivity contribution in [2.24, 2.45) is 0 Å². The smallest absolute Gasteiger partial charge is 0.349 e. The summed E-state index contributed by atoms with van der Waals surface area (Å²) in [6.45, 7) is 1.96. The van der Waals surface area contributed by atoms with E-state index >= 15 is 0 Å². The van der Waals surface area contributed by atoms with Crippen LogP contribution in [0.25, 0.3) is 11.0 Å². The summed E-state index contributed by atoms with van der Waals surface area (Å²) in [6, 6.07) is 13.9. The second-order valence-corrected chi connectivity index (χ2v) is 5.17. The highest BCUT2D eigenvalue weighted by Crippen LogP contribution is 2.20. The molecular formula is C18H15NO4. The highest BCUT2D eigenvalue weighted by molar-refractivity contribution is 6.05. The summed E-state index contributed by atoms with van der Waals surface area (Å²) in [5, 5.41) is 3.34. The van der Waals surface area contributed by atoms with Gasteiger partial charge in [-0.3, -0.25) is 4.79 Å². The number of hydrogen-bond donors (Lipinski definition) is 1. The minimum atomic E-state index is -0.685. The van der Waals surface area contributed by atoms with Crippen LogP contribution in [0.2, 0.25) is 0 Å². The topological polar surface area (TPSA) is 68.5 Å². The minimum Gasteiger partial charge on any atom is -0.497 e. The molecule has 0 aliphatic heterocycles. The molecule has 23 heavy (non-hydrogen) atoms. The molecule has 116 valence electrons. The summed E-state index contributed by atoms with van der Waals surface area (Å²) in [5.41, 5.74) is 1.36. The molecule has 0 spiro atoms. The Morgan fingerprint density at radius 1 is 1.09 bits per heavy atom. The van der Waals surface area contributed by atoms with Crippen LogP contribution in [-0.2, 0) is 0 Å². The number of amides is 1. The molecule has 0 aliphatic rings. The Balaban J connectivity index is 1.95. The molecule has 0 bridgehead atoms. The number of ether oxygens (including phenoxy) is 1. The Bertz CT molecular complexity index is 926. The van der Waals surface area contributed by atoms with Crippen LogP contribution in [0.3, 0.4) is 0 Å². The van der Waals surface area contributed by atoms with Crippen molar-refractivity contribution >= 4 is 22.6 Å². The van der Waals surface area contributed by atoms with Gasteiger partial charge in [0.25, 0.3) is 5.91 Å². The third-order valence-corrected chi connectivity index (χ3v) is 3.50. The van der Waals surface area contributed by atoms with Gasteiger partial charge in [0.15, 0.2) is 0 Å². The van der Waals surface area contributed by atoms with E-state index in [1.807, 2.05) is 19.1 Å². The Labute approximate surface area is 132 Å². The highest BCUT2D eigenvalue weighted by Gasteiger charge is 2.14. The number of hydrogen-bond acceptors (Lipinski definition) is 4. The molecule has 1 heterocycles. The Morgan fingerprint density at radius 2 is 1.83 bits per heavy atom. The van der Waals surface area contributed by atoms with Gasteiger partial charge in [-0.25, -0.2) is 4.79 Å². The van der Waals surface area contributed by atoms with Gasteiger partial charge in [0.1, 0.15) is 16.9 Å². The van der Waals surface area contributed by atoms with Crippen LogP contribution in [0.4, 0.5) is 5.69 Å². The van der Waals surface area contributed by atoms with Crippen molar-refractivity contribution < 1.29 is 13.9 Å². The van der Waals surface area contributed by atoms with E-state index in [9.17, 15) is 9.59 Å². The molecule has 5 nitrogen and oxygen atoms in total. The second-order valence-electron chi connectivity index (χ2n) is 5.17. The van der Waals surface area contributed by atoms with Gasteiger partial charge in [-0.1, -0.05) is 17.7 Å². The third kappa shape index (κ3) is 3.08. The number of carbonyl (C=O) groups is 1. The normalized spacial score (nSPS) is 10.5. The van der Waals surface area contributed by atoms with Crippen molar-refractivity contribution in [2.75, 3.05) is 12.4 Å². The van der Waals surface area contributed by atoms with Crippen LogP contribution in [0.1, 0.15) is 15.9 Å². The lowest BCUT2D eigenvalue weighted by Gasteiger charge is -2.06. The number of rotatable bonds is 3. The van der Waals surface area contributed by atoms with Crippen LogP contribution in [0.5, 0.6) is 5.75 Å². The van der Waals surface area contributed by atoms with E-state index in [-0.39, 0.29) is 5.56 Å². The third-order valence-electron chi connectivity index (χ3n) is 3.50. The summed E-state index contributed by atoms with van der Waals surface area (Å²) in [5.74, 6) is 0.0813. The Kier molecular flexibility index (Phi) is 3.85. The van der Waals surface area contributed by atoms with Gasteiger partial charge in [-0.2, -0.15) is 0 Å². The van der Waals surface area contributed by atoms with Crippen molar-refractivity contribution in [1.29, 1.82) is 0 Å². The minimum absolute atomic E-state index is 0.0387. The van der Waals surface area contributed by atoms with Crippen molar-refractivity contribution in [3.8, 4) is 5.75 Å². The molecule has 0 aliphatic carbocycles. The monoisotopic (exact) mass is 309 g/mol. The van der Waals surface area contributed by atoms with Crippen molar-refractivity contribution in [2.45, 2.75) is 6.92 Å². The van der Waals surface area contributed by atoms with Crippen molar-refractivity contribution in [3.63, 3.8) is 0 Å². The fourth-order valence-corrected chi connectivity index (χ4v) is 2.21. The van der Waals surface area contributed by atoms with Crippen LogP contribution < -0.4 is 15.7 Å². The van der Waals surface area contributed by atoms with E-state index < -0.39 is 11.5 Å². The first kappa shape index (κ1) is 14.8. The number of methoxy groups -OCH3 is 1. The maximum absolute atomic E-state index is 12.3. The SMILES string of the molecule is COc1ccc2cc(C(=O)Nc3ccc(C)cc3)c(=O)oc2c1. The zero-order valence-electron chi connectivity index (χ0n) is 12.8. The summed E-state index contributed by atoms with van der Waals surface area (Å²) in [6.07, 6.45) is 0. The molecule has 3 rings (SSSR count). The molecule has 0 atom stereocenters. The molecule has 3 aromatic rings. The first-order valence-electron chi connectivity index (χ1n) is 7.07. The molecular weight excluding hydrogens is 294 g/mol. The number of nitrogens with one attached hydrogen (secondary N) is 1. The molecule has 0 unspecified atom stereocenters. The summed E-state index contributed by atoms with van der Waals surface area (Å²) < 4.78 is 10.3. The molecule has 1 amide bonds. The van der Waals surface area contributed by atoms with E-state index in [0.717, 1.165) is 5.56 Å². The van der Waals surface area contributed by atoms with Gasteiger partial charge in [0.2, 0.25) is 0 Å². The van der Waals surface area contributed by atoms with Gasteiger partial charge in [0, 0.05) is 17.1 Å². The number of fused-ring (bicyclic) bond motifs is 1. The predicted octanol–water partition coefficient (Wildman–Crippen LogP) is 3.36.